The van der Waals surface area contributed by atoms with Crippen molar-refractivity contribution in [1.82, 2.24) is 10.6 Å². The predicted molar refractivity (Wildman–Crippen MR) is 180 cm³/mol. The summed E-state index contributed by atoms with van der Waals surface area (Å²) in [5.41, 5.74) is 2.71. The summed E-state index contributed by atoms with van der Waals surface area (Å²) >= 11 is 3.54. The molecule has 0 aromatic heterocycles. The number of para-hydroxylation sites is 2. The van der Waals surface area contributed by atoms with Gasteiger partial charge in [-0.25, -0.2) is 0 Å². The van der Waals surface area contributed by atoms with Gasteiger partial charge in [0.05, 0.1) is 37.6 Å². The van der Waals surface area contributed by atoms with E-state index in [1.54, 1.807) is 48.4 Å². The molecule has 3 amide bonds. The molecule has 9 nitrogen and oxygen atoms in total. The Morgan fingerprint density at radius 1 is 0.978 bits per heavy atom. The molecular formula is C34H32BrClN4O5. The monoisotopic (exact) mass is 690 g/mol. The van der Waals surface area contributed by atoms with Gasteiger partial charge in [0.25, 0.3) is 11.8 Å². The number of ketones is 1. The highest BCUT2D eigenvalue weighted by Gasteiger charge is 2.39. The summed E-state index contributed by atoms with van der Waals surface area (Å²) in [5, 5.41) is 7.89. The Bertz CT molecular complexity index is 1790. The minimum atomic E-state index is -1.02. The van der Waals surface area contributed by atoms with E-state index in [0.29, 0.717) is 34.7 Å². The first-order valence-corrected chi connectivity index (χ1v) is 15.2. The largest absolute Gasteiger partial charge is 0.496 e. The SMILES string of the molecule is COc1ccc2cc(Br)ccc2c1CN1C(=O)C(NC(=O)C2CCN2)CN(C(=O)c2ccc(C(C)=O)cc2)c2ccccc21.Cl. The Kier molecular flexibility index (Phi) is 9.57. The van der Waals surface area contributed by atoms with Gasteiger partial charge in [-0.15, -0.1) is 12.4 Å². The van der Waals surface area contributed by atoms with Gasteiger partial charge in [-0.2, -0.15) is 0 Å². The topological polar surface area (TPSA) is 108 Å². The first-order valence-electron chi connectivity index (χ1n) is 14.4. The number of hydrogen-bond donors (Lipinski definition) is 2. The van der Waals surface area contributed by atoms with Gasteiger partial charge < -0.3 is 25.2 Å². The average molecular weight is 692 g/mol. The highest BCUT2D eigenvalue weighted by Crippen LogP contribution is 2.38. The van der Waals surface area contributed by atoms with Crippen LogP contribution in [0.15, 0.2) is 83.3 Å². The van der Waals surface area contributed by atoms with Crippen molar-refractivity contribution >= 4 is 74.0 Å². The van der Waals surface area contributed by atoms with Crippen LogP contribution in [-0.2, 0) is 16.1 Å². The number of fused-ring (bicyclic) bond motifs is 2. The highest BCUT2D eigenvalue weighted by molar-refractivity contribution is 9.10. The molecule has 2 aliphatic heterocycles. The molecule has 0 aliphatic carbocycles. The first kappa shape index (κ1) is 32.2. The average Bonchev–Trinajstić information content (AvgIpc) is 3.10. The highest BCUT2D eigenvalue weighted by atomic mass is 79.9. The molecule has 1 saturated heterocycles. The molecule has 2 N–H and O–H groups in total. The number of hydrogen-bond acceptors (Lipinski definition) is 6. The van der Waals surface area contributed by atoms with E-state index < -0.39 is 6.04 Å². The Balaban J connectivity index is 0.00000400. The third kappa shape index (κ3) is 6.31. The van der Waals surface area contributed by atoms with E-state index in [2.05, 4.69) is 26.6 Å². The molecule has 2 aliphatic rings. The molecule has 0 radical (unpaired) electrons. The van der Waals surface area contributed by atoms with Gasteiger partial charge in [-0.1, -0.05) is 52.3 Å². The summed E-state index contributed by atoms with van der Waals surface area (Å²) in [6.07, 6.45) is 0.671. The summed E-state index contributed by atoms with van der Waals surface area (Å²) < 4.78 is 6.68. The van der Waals surface area contributed by atoms with Crippen molar-refractivity contribution in [3.63, 3.8) is 0 Å². The zero-order valence-corrected chi connectivity index (χ0v) is 27.1. The third-order valence-electron chi connectivity index (χ3n) is 8.22. The smallest absolute Gasteiger partial charge is 0.258 e. The molecule has 4 aromatic carbocycles. The number of rotatable bonds is 7. The van der Waals surface area contributed by atoms with E-state index in [1.807, 2.05) is 42.5 Å². The van der Waals surface area contributed by atoms with Crippen LogP contribution in [0.2, 0.25) is 0 Å². The first-order chi connectivity index (χ1) is 21.2. The summed E-state index contributed by atoms with van der Waals surface area (Å²) in [7, 11) is 1.59. The molecule has 11 heteroatoms. The lowest BCUT2D eigenvalue weighted by Gasteiger charge is -2.30. The second-order valence-electron chi connectivity index (χ2n) is 10.9. The van der Waals surface area contributed by atoms with Gasteiger partial charge in [0, 0.05) is 21.2 Å². The van der Waals surface area contributed by atoms with Crippen molar-refractivity contribution in [1.29, 1.82) is 0 Å². The molecule has 0 saturated carbocycles. The van der Waals surface area contributed by atoms with Crippen molar-refractivity contribution in [2.45, 2.75) is 32.0 Å². The standard InChI is InChI=1S/C34H31BrN4O5.ClH/c1-20(40)21-7-9-22(10-8-21)33(42)39-19-28(37-32(41)27-15-16-36-27)34(43)38(29-5-3-4-6-30(29)39)18-26-25-13-12-24(35)17-23(25)11-14-31(26)44-2;/h3-14,17,27-28,36H,15-16,18-19H2,1-2H3,(H,37,41);1H. The number of benzene rings is 4. The van der Waals surface area contributed by atoms with Gasteiger partial charge in [-0.3, -0.25) is 19.2 Å². The lowest BCUT2D eigenvalue weighted by Crippen LogP contribution is -2.59. The molecule has 6 rings (SSSR count). The van der Waals surface area contributed by atoms with E-state index in [0.717, 1.165) is 27.4 Å². The summed E-state index contributed by atoms with van der Waals surface area (Å²) in [5.74, 6) is -0.466. The minimum absolute atomic E-state index is 0. The third-order valence-corrected chi connectivity index (χ3v) is 8.71. The Labute approximate surface area is 275 Å². The van der Waals surface area contributed by atoms with Crippen LogP contribution in [0, 0.1) is 0 Å². The van der Waals surface area contributed by atoms with Crippen molar-refractivity contribution in [2.24, 2.45) is 0 Å². The number of nitrogens with one attached hydrogen (secondary N) is 2. The maximum absolute atomic E-state index is 14.5. The number of Topliss-reactive ketones (excluding diaryl/α,β-unsaturated/α-hetero) is 1. The Hall–Kier alpha value is -4.25. The second-order valence-corrected chi connectivity index (χ2v) is 11.8. The van der Waals surface area contributed by atoms with Gasteiger partial charge >= 0.3 is 0 Å². The summed E-state index contributed by atoms with van der Waals surface area (Å²) in [4.78, 5) is 56.7. The second kappa shape index (κ2) is 13.4. The lowest BCUT2D eigenvalue weighted by atomic mass is 10.0. The molecule has 0 bridgehead atoms. The molecule has 0 spiro atoms. The van der Waals surface area contributed by atoms with Crippen molar-refractivity contribution in [3.05, 3.63) is 100 Å². The van der Waals surface area contributed by atoms with Gasteiger partial charge in [0.15, 0.2) is 5.78 Å². The fourth-order valence-electron chi connectivity index (χ4n) is 5.69. The van der Waals surface area contributed by atoms with Crippen LogP contribution >= 0.6 is 28.3 Å². The van der Waals surface area contributed by atoms with Gasteiger partial charge in [0.2, 0.25) is 5.91 Å². The van der Waals surface area contributed by atoms with Crippen LogP contribution in [-0.4, -0.2) is 55.8 Å². The maximum Gasteiger partial charge on any atom is 0.258 e. The Morgan fingerprint density at radius 3 is 2.31 bits per heavy atom. The van der Waals surface area contributed by atoms with Crippen LogP contribution in [0.3, 0.4) is 0 Å². The van der Waals surface area contributed by atoms with E-state index in [1.165, 1.54) is 11.8 Å². The molecule has 2 unspecified atom stereocenters. The van der Waals surface area contributed by atoms with Crippen LogP contribution in [0.25, 0.3) is 10.8 Å². The van der Waals surface area contributed by atoms with Crippen molar-refractivity contribution in [2.75, 3.05) is 30.0 Å². The van der Waals surface area contributed by atoms with Crippen LogP contribution < -0.4 is 25.2 Å². The maximum atomic E-state index is 14.5. The number of carbonyl (C=O) groups excluding carboxylic acids is 4. The van der Waals surface area contributed by atoms with Crippen LogP contribution in [0.1, 0.15) is 39.6 Å². The van der Waals surface area contributed by atoms with Crippen LogP contribution in [0.4, 0.5) is 11.4 Å². The minimum Gasteiger partial charge on any atom is -0.496 e. The Morgan fingerprint density at radius 2 is 1.67 bits per heavy atom. The number of anilines is 2. The van der Waals surface area contributed by atoms with Crippen molar-refractivity contribution in [3.8, 4) is 5.75 Å². The summed E-state index contributed by atoms with van der Waals surface area (Å²) in [6, 6.07) is 22.0. The number of carbonyl (C=O) groups is 4. The van der Waals surface area contributed by atoms with Gasteiger partial charge in [0.1, 0.15) is 11.8 Å². The lowest BCUT2D eigenvalue weighted by molar-refractivity contribution is -0.129. The molecule has 1 fully saturated rings. The fraction of sp³-hybridized carbons (Fsp3) is 0.235. The molecule has 232 valence electrons. The van der Waals surface area contributed by atoms with Crippen molar-refractivity contribution < 1.29 is 23.9 Å². The zero-order chi connectivity index (χ0) is 31.0. The zero-order valence-electron chi connectivity index (χ0n) is 24.7. The molecule has 4 aromatic rings. The number of halogens is 2. The molecule has 2 heterocycles. The van der Waals surface area contributed by atoms with E-state index in [9.17, 15) is 19.2 Å². The number of ether oxygens (including phenoxy) is 1. The number of amides is 3. The fourth-order valence-corrected chi connectivity index (χ4v) is 6.07. The van der Waals surface area contributed by atoms with E-state index in [-0.39, 0.29) is 55.0 Å². The normalized spacial score (nSPS) is 17.4. The van der Waals surface area contributed by atoms with E-state index in [4.69, 9.17) is 4.74 Å². The number of methoxy groups -OCH3 is 1. The number of nitrogens with zero attached hydrogens (tertiary/aromatic N) is 2. The van der Waals surface area contributed by atoms with Crippen LogP contribution in [0.5, 0.6) is 5.75 Å². The molecular weight excluding hydrogens is 660 g/mol. The predicted octanol–water partition coefficient (Wildman–Crippen LogP) is 5.28. The van der Waals surface area contributed by atoms with E-state index >= 15 is 0 Å². The quantitative estimate of drug-likeness (QED) is 0.256. The summed E-state index contributed by atoms with van der Waals surface area (Å²) in [6.45, 7) is 2.27. The molecule has 45 heavy (non-hydrogen) atoms. The molecule has 2 atom stereocenters. The van der Waals surface area contributed by atoms with Gasteiger partial charge in [-0.05, 0) is 73.1 Å².